The minimum absolute atomic E-state index is 0.128. The number of nitrogens with zero attached hydrogens (tertiary/aromatic N) is 7. The molecule has 3 aliphatic rings. The fourth-order valence-electron chi connectivity index (χ4n) is 9.08. The van der Waals surface area contributed by atoms with Gasteiger partial charge < -0.3 is 19.9 Å². The van der Waals surface area contributed by atoms with Crippen LogP contribution in [0, 0.1) is 5.92 Å². The normalized spacial score (nSPS) is 22.9. The van der Waals surface area contributed by atoms with Crippen LogP contribution in [0.3, 0.4) is 0 Å². The van der Waals surface area contributed by atoms with E-state index in [4.69, 9.17) is 9.84 Å². The van der Waals surface area contributed by atoms with E-state index >= 15 is 4.39 Å². The lowest BCUT2D eigenvalue weighted by molar-refractivity contribution is -0.141. The number of alkyl halides is 4. The van der Waals surface area contributed by atoms with Crippen molar-refractivity contribution in [3.8, 4) is 5.75 Å². The van der Waals surface area contributed by atoms with Gasteiger partial charge in [0.1, 0.15) is 29.4 Å². The predicted molar refractivity (Wildman–Crippen MR) is 211 cm³/mol. The lowest BCUT2D eigenvalue weighted by Crippen LogP contribution is -2.52. The van der Waals surface area contributed by atoms with Crippen LogP contribution in [0.1, 0.15) is 73.2 Å². The molecule has 3 atom stereocenters. The maximum Gasteiger partial charge on any atom is 0.433 e. The number of benzene rings is 2. The van der Waals surface area contributed by atoms with Crippen LogP contribution in [0.15, 0.2) is 59.5 Å². The summed E-state index contributed by atoms with van der Waals surface area (Å²) in [4.78, 5) is 58.4. The number of carbonyl (C=O) groups excluding carboxylic acids is 3. The van der Waals surface area contributed by atoms with E-state index in [0.29, 0.717) is 41.2 Å². The Kier molecular flexibility index (Phi) is 10.7. The largest absolute Gasteiger partial charge is 0.494 e. The quantitative estimate of drug-likeness (QED) is 0.143. The highest BCUT2D eigenvalue weighted by Crippen LogP contribution is 2.37. The van der Waals surface area contributed by atoms with Gasteiger partial charge in [0.15, 0.2) is 0 Å². The molecule has 2 aliphatic heterocycles. The van der Waals surface area contributed by atoms with Gasteiger partial charge in [-0.25, -0.2) is 14.2 Å². The number of pyridine rings is 1. The topological polar surface area (TPSA) is 149 Å². The molecule has 2 aromatic carbocycles. The summed E-state index contributed by atoms with van der Waals surface area (Å²) in [6.45, 7) is 1.49. The van der Waals surface area contributed by atoms with Gasteiger partial charge in [-0.3, -0.25) is 33.5 Å². The smallest absolute Gasteiger partial charge is 0.433 e. The zero-order valence-electron chi connectivity index (χ0n) is 32.8. The molecule has 0 spiro atoms. The Balaban J connectivity index is 0.881. The minimum Gasteiger partial charge on any atom is -0.494 e. The van der Waals surface area contributed by atoms with Gasteiger partial charge in [0.25, 0.3) is 5.91 Å². The van der Waals surface area contributed by atoms with Gasteiger partial charge in [0.05, 0.1) is 47.6 Å². The number of piperidine rings is 2. The monoisotopic (exact) mass is 819 g/mol. The number of hydrogen-bond donors (Lipinski definition) is 2. The van der Waals surface area contributed by atoms with E-state index in [9.17, 15) is 32.3 Å². The van der Waals surface area contributed by atoms with E-state index in [2.05, 4.69) is 20.5 Å². The molecule has 3 fully saturated rings. The number of para-hydroxylation sites is 1. The van der Waals surface area contributed by atoms with Gasteiger partial charge in [-0.15, -0.1) is 0 Å². The summed E-state index contributed by atoms with van der Waals surface area (Å²) >= 11 is 0. The third-order valence-electron chi connectivity index (χ3n) is 12.1. The van der Waals surface area contributed by atoms with Gasteiger partial charge >= 0.3 is 11.9 Å². The van der Waals surface area contributed by atoms with Crippen molar-refractivity contribution in [2.45, 2.75) is 75.4 Å². The molecule has 312 valence electrons. The van der Waals surface area contributed by atoms with Crippen molar-refractivity contribution in [1.29, 1.82) is 0 Å². The first kappa shape index (κ1) is 40.0. The fourth-order valence-corrected chi connectivity index (χ4v) is 9.08. The highest BCUT2D eigenvalue weighted by atomic mass is 19.4. The molecule has 0 radical (unpaired) electrons. The number of methoxy groups -OCH3 is 1. The molecule has 3 aromatic heterocycles. The summed E-state index contributed by atoms with van der Waals surface area (Å²) in [7, 11) is 5.06. The fraction of sp³-hybridized carbons (Fsp3) is 0.463. The van der Waals surface area contributed by atoms with Gasteiger partial charge in [-0.1, -0.05) is 12.1 Å². The van der Waals surface area contributed by atoms with Gasteiger partial charge in [0, 0.05) is 50.2 Å². The molecule has 1 aliphatic carbocycles. The van der Waals surface area contributed by atoms with Gasteiger partial charge in [-0.05, 0) is 81.8 Å². The van der Waals surface area contributed by atoms with Crippen molar-refractivity contribution in [2.24, 2.45) is 13.0 Å². The Hall–Kier alpha value is -5.78. The second-order valence-corrected chi connectivity index (χ2v) is 15.8. The molecule has 2 N–H and O–H groups in total. The number of carbonyl (C=O) groups is 3. The Bertz CT molecular complexity index is 2490. The third-order valence-corrected chi connectivity index (χ3v) is 12.1. The number of anilines is 2. The number of rotatable bonds is 9. The van der Waals surface area contributed by atoms with Crippen LogP contribution in [-0.2, 0) is 22.8 Å². The standard InChI is InChI=1S/C41H45F4N9O5/c1-50(30-16-17-52(22-26(30)42)31-7-5-8-32-37(31)51(2)40(58)54(32)33-14-15-36(55)48-39(33)57)20-23-10-12-25(13-11-23)53-21-24-18-29(34(59-3)19-28(24)49-53)47-38(56)27-6-4-9-35(46-27)41(43,44)45/h4-9,18-19,21,23,25-26,30,33H,10-17,20,22H2,1-3H3,(H,47,56)(H,48,55,57)/t23?,25?,26-,30+,33?/m1/s1. The Morgan fingerprint density at radius 3 is 2.51 bits per heavy atom. The average Bonchev–Trinajstić information content (AvgIpc) is 3.74. The molecule has 1 saturated carbocycles. The SMILES string of the molecule is COc1cc2nn(C3CCC(CN(C)[C@H]4CCN(c5cccc6c5n(C)c(=O)n6C5CCC(=O)NC5=O)C[C@H]4F)CC3)cc2cc1NC(=O)c1cccc(C(F)(F)F)n1. The summed E-state index contributed by atoms with van der Waals surface area (Å²) in [5.41, 5.74) is 0.943. The van der Waals surface area contributed by atoms with Crippen LogP contribution >= 0.6 is 0 Å². The first-order valence-electron chi connectivity index (χ1n) is 19.8. The lowest BCUT2D eigenvalue weighted by atomic mass is 9.85. The third kappa shape index (κ3) is 7.77. The zero-order valence-corrected chi connectivity index (χ0v) is 32.8. The van der Waals surface area contributed by atoms with Crippen LogP contribution in [0.2, 0.25) is 0 Å². The second-order valence-electron chi connectivity index (χ2n) is 15.8. The number of aromatic nitrogens is 5. The van der Waals surface area contributed by atoms with Crippen LogP contribution < -0.4 is 26.0 Å². The zero-order chi connectivity index (χ0) is 41.7. The van der Waals surface area contributed by atoms with Crippen LogP contribution in [0.25, 0.3) is 21.9 Å². The number of amides is 3. The molecule has 3 amide bonds. The van der Waals surface area contributed by atoms with E-state index in [1.807, 2.05) is 35.0 Å². The van der Waals surface area contributed by atoms with E-state index < -0.39 is 35.9 Å². The number of hydrogen-bond acceptors (Lipinski definition) is 9. The molecule has 8 rings (SSSR count). The molecule has 5 heterocycles. The number of imide groups is 1. The van der Waals surface area contributed by atoms with Crippen LogP contribution in [0.5, 0.6) is 5.75 Å². The summed E-state index contributed by atoms with van der Waals surface area (Å²) in [5.74, 6) is -0.993. The molecule has 59 heavy (non-hydrogen) atoms. The molecular weight excluding hydrogens is 775 g/mol. The second kappa shape index (κ2) is 15.8. The van der Waals surface area contributed by atoms with Crippen LogP contribution in [-0.4, -0.2) is 92.5 Å². The molecule has 18 heteroatoms. The van der Waals surface area contributed by atoms with Crippen molar-refractivity contribution in [3.63, 3.8) is 0 Å². The van der Waals surface area contributed by atoms with E-state index in [1.54, 1.807) is 25.2 Å². The van der Waals surface area contributed by atoms with Gasteiger partial charge in [0.2, 0.25) is 11.8 Å². The Morgan fingerprint density at radius 1 is 1.03 bits per heavy atom. The number of ether oxygens (including phenoxy) is 1. The van der Waals surface area contributed by atoms with Crippen molar-refractivity contribution in [1.82, 2.24) is 34.1 Å². The van der Waals surface area contributed by atoms with E-state index in [1.165, 1.54) is 22.3 Å². The molecule has 2 saturated heterocycles. The lowest BCUT2D eigenvalue weighted by Gasteiger charge is -2.42. The van der Waals surface area contributed by atoms with Crippen molar-refractivity contribution in [3.05, 3.63) is 76.6 Å². The number of imidazole rings is 1. The number of halogens is 4. The Morgan fingerprint density at radius 2 is 1.80 bits per heavy atom. The van der Waals surface area contributed by atoms with E-state index in [-0.39, 0.29) is 54.4 Å². The Labute approximate surface area is 336 Å². The van der Waals surface area contributed by atoms with Crippen molar-refractivity contribution >= 4 is 51.0 Å². The summed E-state index contributed by atoms with van der Waals surface area (Å²) in [6, 6.07) is 11.0. The first-order valence-corrected chi connectivity index (χ1v) is 19.8. The average molecular weight is 820 g/mol. The molecule has 1 unspecified atom stereocenters. The molecule has 14 nitrogen and oxygen atoms in total. The molecule has 0 bridgehead atoms. The van der Waals surface area contributed by atoms with Gasteiger partial charge in [-0.2, -0.15) is 18.3 Å². The number of nitrogens with one attached hydrogen (secondary N) is 2. The maximum atomic E-state index is 16.1. The van der Waals surface area contributed by atoms with Crippen molar-refractivity contribution < 1.29 is 36.7 Å². The first-order chi connectivity index (χ1) is 28.2. The number of aryl methyl sites for hydroxylation is 1. The highest BCUT2D eigenvalue weighted by molar-refractivity contribution is 6.05. The molecule has 5 aromatic rings. The predicted octanol–water partition coefficient (Wildman–Crippen LogP) is 5.62. The highest BCUT2D eigenvalue weighted by Gasteiger charge is 2.37. The van der Waals surface area contributed by atoms with Crippen molar-refractivity contribution in [2.75, 3.05) is 44.0 Å². The summed E-state index contributed by atoms with van der Waals surface area (Å²) in [6.07, 6.45) is 0.628. The summed E-state index contributed by atoms with van der Waals surface area (Å²) < 4.78 is 66.0. The van der Waals surface area contributed by atoms with Crippen LogP contribution in [0.4, 0.5) is 28.9 Å². The molecular formula is C41H45F4N9O5. The minimum atomic E-state index is -4.69. The summed E-state index contributed by atoms with van der Waals surface area (Å²) in [5, 5.41) is 10.5. The number of fused-ring (bicyclic) bond motifs is 2. The van der Waals surface area contributed by atoms with E-state index in [0.717, 1.165) is 55.4 Å². The maximum absolute atomic E-state index is 16.1.